The quantitative estimate of drug-likeness (QED) is 0.593. The van der Waals surface area contributed by atoms with Gasteiger partial charge >= 0.3 is 0 Å². The predicted octanol–water partition coefficient (Wildman–Crippen LogP) is 1.97. The van der Waals surface area contributed by atoms with Gasteiger partial charge in [-0.15, -0.1) is 0 Å². The molecule has 0 saturated heterocycles. The van der Waals surface area contributed by atoms with Gasteiger partial charge in [0.1, 0.15) is 11.6 Å². The molecule has 0 heterocycles. The van der Waals surface area contributed by atoms with Crippen LogP contribution in [0, 0.1) is 0 Å². The van der Waals surface area contributed by atoms with Crippen molar-refractivity contribution in [3.63, 3.8) is 0 Å². The van der Waals surface area contributed by atoms with Gasteiger partial charge in [0.15, 0.2) is 0 Å². The molecule has 10 heavy (non-hydrogen) atoms. The summed E-state index contributed by atoms with van der Waals surface area (Å²) in [6, 6.07) is 0. The smallest absolute Gasteiger partial charge is 0.129 e. The Balaban J connectivity index is 0. The van der Waals surface area contributed by atoms with Gasteiger partial charge in [-0.2, -0.15) is 0 Å². The molecule has 0 aromatic rings. The molecule has 0 saturated carbocycles. The summed E-state index contributed by atoms with van der Waals surface area (Å²) in [4.78, 5) is 19.5. The third-order valence-electron chi connectivity index (χ3n) is 0.602. The SMILES string of the molecule is CC(C)=O.CCCC(C)=O. The van der Waals surface area contributed by atoms with E-state index in [1.807, 2.05) is 6.92 Å². The molecule has 0 aromatic heterocycles. The average molecular weight is 144 g/mol. The zero-order chi connectivity index (χ0) is 8.57. The molecule has 0 bridgehead atoms. The van der Waals surface area contributed by atoms with E-state index in [0.29, 0.717) is 0 Å². The summed E-state index contributed by atoms with van der Waals surface area (Å²) in [6.45, 7) is 6.67. The Labute approximate surface area is 62.6 Å². The van der Waals surface area contributed by atoms with Gasteiger partial charge in [-0.1, -0.05) is 6.92 Å². The molecule has 0 rings (SSSR count). The van der Waals surface area contributed by atoms with Crippen LogP contribution in [0.15, 0.2) is 0 Å². The van der Waals surface area contributed by atoms with Crippen molar-refractivity contribution in [3.8, 4) is 0 Å². The normalized spacial score (nSPS) is 7.60. The van der Waals surface area contributed by atoms with E-state index >= 15 is 0 Å². The third kappa shape index (κ3) is 53.9. The Hall–Kier alpha value is -0.660. The predicted molar refractivity (Wildman–Crippen MR) is 41.9 cm³/mol. The summed E-state index contributed by atoms with van der Waals surface area (Å²) < 4.78 is 0. The van der Waals surface area contributed by atoms with E-state index in [0.717, 1.165) is 12.8 Å². The number of ketones is 2. The van der Waals surface area contributed by atoms with E-state index < -0.39 is 0 Å². The fraction of sp³-hybridized carbons (Fsp3) is 0.750. The van der Waals surface area contributed by atoms with Crippen molar-refractivity contribution >= 4 is 11.6 Å². The largest absolute Gasteiger partial charge is 0.300 e. The fourth-order valence-electron chi connectivity index (χ4n) is 0.352. The van der Waals surface area contributed by atoms with Gasteiger partial charge in [0.25, 0.3) is 0 Å². The maximum atomic E-state index is 10.0. The molecule has 0 aliphatic rings. The third-order valence-corrected chi connectivity index (χ3v) is 0.602. The van der Waals surface area contributed by atoms with Crippen molar-refractivity contribution in [2.75, 3.05) is 0 Å². The van der Waals surface area contributed by atoms with Crippen LogP contribution in [0.25, 0.3) is 0 Å². The molecular formula is C8H16O2. The van der Waals surface area contributed by atoms with Gasteiger partial charge in [-0.05, 0) is 27.2 Å². The van der Waals surface area contributed by atoms with Crippen LogP contribution in [0.1, 0.15) is 40.5 Å². The number of carbonyl (C=O) groups is 2. The average Bonchev–Trinajstić information content (AvgIpc) is 1.62. The molecule has 0 atom stereocenters. The maximum absolute atomic E-state index is 10.0. The number of hydrogen-bond donors (Lipinski definition) is 0. The molecule has 2 heteroatoms. The Kier molecular flexibility index (Phi) is 10.1. The lowest BCUT2D eigenvalue weighted by Crippen LogP contribution is -1.84. The number of hydrogen-bond acceptors (Lipinski definition) is 2. The second-order valence-electron chi connectivity index (χ2n) is 2.36. The van der Waals surface area contributed by atoms with Crippen LogP contribution in [0.5, 0.6) is 0 Å². The Bertz CT molecular complexity index is 102. The molecule has 0 aliphatic heterocycles. The first kappa shape index (κ1) is 12.1. The van der Waals surface area contributed by atoms with Crippen molar-refractivity contribution in [2.24, 2.45) is 0 Å². The first-order chi connectivity index (χ1) is 4.50. The first-order valence-corrected chi connectivity index (χ1v) is 3.47. The minimum atomic E-state index is 0.167. The second-order valence-corrected chi connectivity index (χ2v) is 2.36. The molecule has 0 radical (unpaired) electrons. The topological polar surface area (TPSA) is 34.1 Å². The fourth-order valence-corrected chi connectivity index (χ4v) is 0.352. The molecule has 60 valence electrons. The first-order valence-electron chi connectivity index (χ1n) is 3.47. The van der Waals surface area contributed by atoms with Gasteiger partial charge in [-0.3, -0.25) is 0 Å². The molecule has 0 aromatic carbocycles. The highest BCUT2D eigenvalue weighted by Crippen LogP contribution is 1.84. The van der Waals surface area contributed by atoms with Crippen LogP contribution in [0.4, 0.5) is 0 Å². The zero-order valence-corrected chi connectivity index (χ0v) is 7.23. The van der Waals surface area contributed by atoms with Gasteiger partial charge in [0.2, 0.25) is 0 Å². The Morgan fingerprint density at radius 1 is 1.10 bits per heavy atom. The highest BCUT2D eigenvalue weighted by Gasteiger charge is 1.83. The van der Waals surface area contributed by atoms with E-state index in [2.05, 4.69) is 0 Å². The Morgan fingerprint density at radius 2 is 1.40 bits per heavy atom. The van der Waals surface area contributed by atoms with Crippen molar-refractivity contribution in [3.05, 3.63) is 0 Å². The molecule has 2 nitrogen and oxygen atoms in total. The standard InChI is InChI=1S/C5H10O.C3H6O/c1-3-4-5(2)6;1-3(2)4/h3-4H2,1-2H3;1-2H3. The van der Waals surface area contributed by atoms with Crippen molar-refractivity contribution in [1.29, 1.82) is 0 Å². The Morgan fingerprint density at radius 3 is 1.40 bits per heavy atom. The number of rotatable bonds is 2. The van der Waals surface area contributed by atoms with E-state index in [9.17, 15) is 9.59 Å². The van der Waals surface area contributed by atoms with E-state index in [4.69, 9.17) is 0 Å². The lowest BCUT2D eigenvalue weighted by atomic mass is 10.3. The zero-order valence-electron chi connectivity index (χ0n) is 7.23. The molecule has 0 aliphatic carbocycles. The van der Waals surface area contributed by atoms with Gasteiger partial charge in [0.05, 0.1) is 0 Å². The minimum Gasteiger partial charge on any atom is -0.300 e. The van der Waals surface area contributed by atoms with Crippen molar-refractivity contribution in [2.45, 2.75) is 40.5 Å². The van der Waals surface area contributed by atoms with Crippen LogP contribution < -0.4 is 0 Å². The monoisotopic (exact) mass is 144 g/mol. The van der Waals surface area contributed by atoms with Crippen LogP contribution >= 0.6 is 0 Å². The molecular weight excluding hydrogens is 128 g/mol. The lowest BCUT2D eigenvalue weighted by Gasteiger charge is -1.80. The molecule has 0 spiro atoms. The summed E-state index contributed by atoms with van der Waals surface area (Å²) in [5.74, 6) is 0.456. The van der Waals surface area contributed by atoms with Gasteiger partial charge < -0.3 is 9.59 Å². The maximum Gasteiger partial charge on any atom is 0.129 e. The summed E-state index contributed by atoms with van der Waals surface area (Å²) in [7, 11) is 0. The van der Waals surface area contributed by atoms with E-state index in [-0.39, 0.29) is 11.6 Å². The van der Waals surface area contributed by atoms with Gasteiger partial charge in [-0.25, -0.2) is 0 Å². The van der Waals surface area contributed by atoms with Crippen LogP contribution in [0.2, 0.25) is 0 Å². The summed E-state index contributed by atoms with van der Waals surface area (Å²) in [5, 5.41) is 0. The van der Waals surface area contributed by atoms with E-state index in [1.54, 1.807) is 6.92 Å². The van der Waals surface area contributed by atoms with Crippen molar-refractivity contribution in [1.82, 2.24) is 0 Å². The van der Waals surface area contributed by atoms with Gasteiger partial charge in [0, 0.05) is 6.42 Å². The molecule has 0 N–H and O–H groups in total. The number of Topliss-reactive ketones (excluding diaryl/α,β-unsaturated/α-hetero) is 2. The lowest BCUT2D eigenvalue weighted by molar-refractivity contribution is -0.117. The van der Waals surface area contributed by atoms with Crippen molar-refractivity contribution < 1.29 is 9.59 Å². The van der Waals surface area contributed by atoms with Crippen LogP contribution in [-0.2, 0) is 9.59 Å². The van der Waals surface area contributed by atoms with E-state index in [1.165, 1.54) is 13.8 Å². The highest BCUT2D eigenvalue weighted by molar-refractivity contribution is 5.75. The molecule has 0 fully saturated rings. The second kappa shape index (κ2) is 8.34. The highest BCUT2D eigenvalue weighted by atomic mass is 16.1. The summed E-state index contributed by atoms with van der Waals surface area (Å²) in [6.07, 6.45) is 1.72. The number of carbonyl (C=O) groups excluding carboxylic acids is 2. The molecule has 0 amide bonds. The summed E-state index contributed by atoms with van der Waals surface area (Å²) in [5.41, 5.74) is 0. The minimum absolute atomic E-state index is 0.167. The van der Waals surface area contributed by atoms with Crippen LogP contribution in [0.3, 0.4) is 0 Å². The summed E-state index contributed by atoms with van der Waals surface area (Å²) >= 11 is 0. The molecule has 0 unspecified atom stereocenters. The van der Waals surface area contributed by atoms with Crippen LogP contribution in [-0.4, -0.2) is 11.6 Å².